The van der Waals surface area contributed by atoms with Crippen LogP contribution in [-0.2, 0) is 6.61 Å². The zero-order valence-corrected chi connectivity index (χ0v) is 15.5. The second kappa shape index (κ2) is 8.30. The molecule has 1 heterocycles. The molecule has 0 aliphatic rings. The van der Waals surface area contributed by atoms with Gasteiger partial charge in [-0.1, -0.05) is 23.2 Å². The van der Waals surface area contributed by atoms with E-state index in [2.05, 4.69) is 10.1 Å². The van der Waals surface area contributed by atoms with Crippen LogP contribution < -0.4 is 10.1 Å². The molecule has 0 radical (unpaired) electrons. The molecule has 0 bridgehead atoms. The summed E-state index contributed by atoms with van der Waals surface area (Å²) in [6.07, 6.45) is 0. The van der Waals surface area contributed by atoms with Gasteiger partial charge in [-0.15, -0.1) is 0 Å². The van der Waals surface area contributed by atoms with Crippen molar-refractivity contribution in [2.24, 2.45) is 0 Å². The SMILES string of the molecule is O=C(Nc1ccc(Cl)c(Cl)c1)c1ccc(COc2c(F)c(F)c(F)c(F)c2F)o1. The van der Waals surface area contributed by atoms with Gasteiger partial charge in [-0.25, -0.2) is 13.2 Å². The molecular weight excluding hydrogens is 444 g/mol. The van der Waals surface area contributed by atoms with Gasteiger partial charge in [0.15, 0.2) is 11.5 Å². The second-order valence-corrected chi connectivity index (χ2v) is 6.35. The Kier molecular flexibility index (Phi) is 5.99. The molecule has 3 rings (SSSR count). The van der Waals surface area contributed by atoms with E-state index in [1.54, 1.807) is 0 Å². The first-order valence-corrected chi connectivity index (χ1v) is 8.44. The zero-order valence-electron chi connectivity index (χ0n) is 14.0. The number of amides is 1. The van der Waals surface area contributed by atoms with Crippen LogP contribution in [0.1, 0.15) is 16.3 Å². The first kappa shape index (κ1) is 20.9. The Balaban J connectivity index is 1.71. The lowest BCUT2D eigenvalue weighted by atomic mass is 10.2. The van der Waals surface area contributed by atoms with Crippen molar-refractivity contribution in [2.45, 2.75) is 6.61 Å². The Morgan fingerprint density at radius 2 is 1.52 bits per heavy atom. The normalized spacial score (nSPS) is 10.9. The molecule has 29 heavy (non-hydrogen) atoms. The molecule has 0 saturated heterocycles. The number of carbonyl (C=O) groups excluding carboxylic acids is 1. The van der Waals surface area contributed by atoms with Crippen molar-refractivity contribution in [1.82, 2.24) is 0 Å². The summed E-state index contributed by atoms with van der Waals surface area (Å²) < 4.78 is 76.3. The number of carbonyl (C=O) groups is 1. The van der Waals surface area contributed by atoms with Crippen LogP contribution in [0.2, 0.25) is 10.0 Å². The molecule has 0 spiro atoms. The van der Waals surface area contributed by atoms with Crippen molar-refractivity contribution < 1.29 is 35.9 Å². The topological polar surface area (TPSA) is 51.5 Å². The van der Waals surface area contributed by atoms with Gasteiger partial charge in [-0.3, -0.25) is 4.79 Å². The van der Waals surface area contributed by atoms with Gasteiger partial charge >= 0.3 is 0 Å². The van der Waals surface area contributed by atoms with Crippen LogP contribution in [-0.4, -0.2) is 5.91 Å². The molecule has 0 saturated carbocycles. The van der Waals surface area contributed by atoms with Crippen molar-refractivity contribution in [3.63, 3.8) is 0 Å². The molecule has 0 aliphatic heterocycles. The van der Waals surface area contributed by atoms with Crippen molar-refractivity contribution in [2.75, 3.05) is 5.32 Å². The average Bonchev–Trinajstić information content (AvgIpc) is 3.17. The van der Waals surface area contributed by atoms with Crippen LogP contribution in [0.5, 0.6) is 5.75 Å². The van der Waals surface area contributed by atoms with Crippen LogP contribution in [0.4, 0.5) is 27.6 Å². The fourth-order valence-electron chi connectivity index (χ4n) is 2.20. The summed E-state index contributed by atoms with van der Waals surface area (Å²) in [5.74, 6) is -13.3. The molecule has 1 N–H and O–H groups in total. The smallest absolute Gasteiger partial charge is 0.291 e. The van der Waals surface area contributed by atoms with Crippen molar-refractivity contribution in [3.05, 3.63) is 81.0 Å². The fraction of sp³-hybridized carbons (Fsp3) is 0.0556. The standard InChI is InChI=1S/C18H8Cl2F5NO3/c19-9-3-1-7(5-10(9)20)26-18(27)11-4-2-8(29-11)6-28-17-15(24)13(22)12(21)14(23)16(17)25/h1-5H,6H2,(H,26,27). The molecule has 3 aromatic rings. The zero-order chi connectivity index (χ0) is 21.3. The highest BCUT2D eigenvalue weighted by Gasteiger charge is 2.27. The van der Waals surface area contributed by atoms with Gasteiger partial charge in [0.25, 0.3) is 5.91 Å². The number of nitrogens with one attached hydrogen (secondary N) is 1. The molecule has 1 amide bonds. The van der Waals surface area contributed by atoms with E-state index in [-0.39, 0.29) is 21.6 Å². The highest BCUT2D eigenvalue weighted by atomic mass is 35.5. The van der Waals surface area contributed by atoms with Crippen molar-refractivity contribution in [1.29, 1.82) is 0 Å². The third kappa shape index (κ3) is 4.30. The molecule has 0 unspecified atom stereocenters. The molecule has 152 valence electrons. The van der Waals surface area contributed by atoms with Crippen LogP contribution >= 0.6 is 23.2 Å². The molecular formula is C18H8Cl2F5NO3. The predicted molar refractivity (Wildman–Crippen MR) is 93.7 cm³/mol. The van der Waals surface area contributed by atoms with E-state index >= 15 is 0 Å². The maximum Gasteiger partial charge on any atom is 0.291 e. The minimum absolute atomic E-state index is 0.103. The van der Waals surface area contributed by atoms with E-state index in [4.69, 9.17) is 27.6 Å². The van der Waals surface area contributed by atoms with Gasteiger partial charge in [0.1, 0.15) is 12.4 Å². The number of anilines is 1. The molecule has 0 atom stereocenters. The maximum absolute atomic E-state index is 13.6. The molecule has 4 nitrogen and oxygen atoms in total. The highest BCUT2D eigenvalue weighted by Crippen LogP contribution is 2.30. The molecule has 2 aromatic carbocycles. The quantitative estimate of drug-likeness (QED) is 0.289. The van der Waals surface area contributed by atoms with Crippen molar-refractivity contribution >= 4 is 34.8 Å². The van der Waals surface area contributed by atoms with E-state index in [0.717, 1.165) is 0 Å². The minimum atomic E-state index is -2.30. The summed E-state index contributed by atoms with van der Waals surface area (Å²) in [4.78, 5) is 12.2. The second-order valence-electron chi connectivity index (χ2n) is 5.54. The van der Waals surface area contributed by atoms with E-state index < -0.39 is 47.3 Å². The van der Waals surface area contributed by atoms with Crippen LogP contribution in [0.3, 0.4) is 0 Å². The van der Waals surface area contributed by atoms with Gasteiger partial charge in [-0.2, -0.15) is 8.78 Å². The van der Waals surface area contributed by atoms with Crippen LogP contribution in [0, 0.1) is 29.1 Å². The summed E-state index contributed by atoms with van der Waals surface area (Å²) in [6, 6.07) is 6.81. The van der Waals surface area contributed by atoms with Gasteiger partial charge in [0, 0.05) is 5.69 Å². The lowest BCUT2D eigenvalue weighted by Crippen LogP contribution is -2.11. The predicted octanol–water partition coefficient (Wildman–Crippen LogP) is 6.11. The van der Waals surface area contributed by atoms with Gasteiger partial charge < -0.3 is 14.5 Å². The lowest BCUT2D eigenvalue weighted by molar-refractivity contribution is 0.0992. The highest BCUT2D eigenvalue weighted by molar-refractivity contribution is 6.42. The third-order valence-electron chi connectivity index (χ3n) is 3.59. The third-order valence-corrected chi connectivity index (χ3v) is 4.33. The van der Waals surface area contributed by atoms with Crippen molar-refractivity contribution in [3.8, 4) is 5.75 Å². The molecule has 0 fully saturated rings. The summed E-state index contributed by atoms with van der Waals surface area (Å²) in [5, 5.41) is 2.97. The molecule has 11 heteroatoms. The Morgan fingerprint density at radius 3 is 2.14 bits per heavy atom. The number of rotatable bonds is 5. The lowest BCUT2D eigenvalue weighted by Gasteiger charge is -2.09. The number of hydrogen-bond donors (Lipinski definition) is 1. The Bertz CT molecular complexity index is 1070. The Morgan fingerprint density at radius 1 is 0.897 bits per heavy atom. The first-order valence-electron chi connectivity index (χ1n) is 7.68. The summed E-state index contributed by atoms with van der Waals surface area (Å²) >= 11 is 11.6. The van der Waals surface area contributed by atoms with Gasteiger partial charge in [-0.05, 0) is 30.3 Å². The van der Waals surface area contributed by atoms with E-state index in [1.807, 2.05) is 0 Å². The maximum atomic E-state index is 13.6. The summed E-state index contributed by atoms with van der Waals surface area (Å²) in [7, 11) is 0. The number of ether oxygens (including phenoxy) is 1. The number of furan rings is 1. The van der Waals surface area contributed by atoms with E-state index in [0.29, 0.717) is 5.69 Å². The minimum Gasteiger partial charge on any atom is -0.479 e. The summed E-state index contributed by atoms with van der Waals surface area (Å²) in [6.45, 7) is -0.696. The molecule has 0 aliphatic carbocycles. The fourth-order valence-corrected chi connectivity index (χ4v) is 2.50. The Labute approximate surface area is 169 Å². The monoisotopic (exact) mass is 451 g/mol. The number of hydrogen-bond acceptors (Lipinski definition) is 3. The van der Waals surface area contributed by atoms with Crippen LogP contribution in [0.25, 0.3) is 0 Å². The number of halogens is 7. The Hall–Kier alpha value is -2.78. The van der Waals surface area contributed by atoms with Crippen LogP contribution in [0.15, 0.2) is 34.7 Å². The van der Waals surface area contributed by atoms with E-state index in [9.17, 15) is 26.7 Å². The average molecular weight is 452 g/mol. The van der Waals surface area contributed by atoms with E-state index in [1.165, 1.54) is 30.3 Å². The largest absolute Gasteiger partial charge is 0.479 e. The summed E-state index contributed by atoms with van der Waals surface area (Å²) in [5.41, 5.74) is 0.319. The first-order chi connectivity index (χ1) is 13.7. The van der Waals surface area contributed by atoms with Gasteiger partial charge in [0.2, 0.25) is 29.1 Å². The number of benzene rings is 2. The molecule has 1 aromatic heterocycles. The van der Waals surface area contributed by atoms with Gasteiger partial charge in [0.05, 0.1) is 10.0 Å².